The molecule has 0 fully saturated rings. The highest BCUT2D eigenvalue weighted by Gasteiger charge is 2.41. The smallest absolute Gasteiger partial charge is 0.203 e. The van der Waals surface area contributed by atoms with E-state index in [1.54, 1.807) is 58.8 Å². The molecule has 1 unspecified atom stereocenters. The number of hydrogen-bond acceptors (Lipinski definition) is 14. The summed E-state index contributed by atoms with van der Waals surface area (Å²) in [5.74, 6) is 4.10. The second-order valence-electron chi connectivity index (χ2n) is 13.8. The molecule has 2 N–H and O–H groups in total. The zero-order chi connectivity index (χ0) is 40.8. The van der Waals surface area contributed by atoms with E-state index in [-0.39, 0.29) is 24.3 Å². The van der Waals surface area contributed by atoms with Crippen LogP contribution in [0.3, 0.4) is 0 Å². The minimum Gasteiger partial charge on any atom is -0.496 e. The molecule has 302 valence electrons. The third kappa shape index (κ3) is 6.28. The molecule has 0 saturated heterocycles. The van der Waals surface area contributed by atoms with Crippen molar-refractivity contribution in [1.82, 2.24) is 9.97 Å². The van der Waals surface area contributed by atoms with E-state index in [2.05, 4.69) is 0 Å². The van der Waals surface area contributed by atoms with Gasteiger partial charge in [0.15, 0.2) is 29.5 Å². The van der Waals surface area contributed by atoms with Crippen molar-refractivity contribution < 1.29 is 57.6 Å². The van der Waals surface area contributed by atoms with Crippen molar-refractivity contribution in [3.8, 4) is 68.6 Å². The van der Waals surface area contributed by atoms with Crippen LogP contribution in [-0.4, -0.2) is 89.3 Å². The largest absolute Gasteiger partial charge is 0.496 e. The lowest BCUT2D eigenvalue weighted by Gasteiger charge is -2.36. The highest BCUT2D eigenvalue weighted by Crippen LogP contribution is 2.57. The molecule has 1 aromatic heterocycles. The summed E-state index contributed by atoms with van der Waals surface area (Å²) in [5.41, 5.74) is 5.35. The Balaban J connectivity index is 1.46. The fourth-order valence-electron chi connectivity index (χ4n) is 8.10. The van der Waals surface area contributed by atoms with Gasteiger partial charge in [0.25, 0.3) is 0 Å². The Bertz CT molecular complexity index is 2540. The number of benzene rings is 5. The Morgan fingerprint density at radius 3 is 1.47 bits per heavy atom. The number of methoxy groups -OCH3 is 8. The standard InChI is InChI=1S/C44H44N2O12/c1-49-21-13-32(51-3)23-18-30(47)40(57-34(23)15-21)25-17-29-39(46-28-12-10-9-11-27(28)45-29)43(55-7)37(25)38-26(20-36(53-5)42(54-6)44(38)56-8)41-31(48)19-24-33(52-4)14-22(50-2)16-35(24)58-41/h9-17,20,30-31,40-41,47-48H,18-19H2,1-8H3/t30-,31-,40?,41-/m1/s1. The molecule has 0 aliphatic carbocycles. The summed E-state index contributed by atoms with van der Waals surface area (Å²) in [6, 6.07) is 18.1. The minimum atomic E-state index is -1.10. The third-order valence-electron chi connectivity index (χ3n) is 10.8. The van der Waals surface area contributed by atoms with Gasteiger partial charge in [-0.2, -0.15) is 0 Å². The van der Waals surface area contributed by atoms with Gasteiger partial charge < -0.3 is 57.6 Å². The molecule has 0 bridgehead atoms. The van der Waals surface area contributed by atoms with E-state index in [1.807, 2.05) is 30.3 Å². The third-order valence-corrected chi connectivity index (χ3v) is 10.8. The van der Waals surface area contributed by atoms with Gasteiger partial charge in [0.2, 0.25) is 5.75 Å². The van der Waals surface area contributed by atoms with Crippen LogP contribution in [0.15, 0.2) is 60.7 Å². The zero-order valence-corrected chi connectivity index (χ0v) is 33.4. The summed E-state index contributed by atoms with van der Waals surface area (Å²) in [6.45, 7) is 0. The van der Waals surface area contributed by atoms with E-state index in [1.165, 1.54) is 28.4 Å². The van der Waals surface area contributed by atoms with Gasteiger partial charge in [-0.15, -0.1) is 0 Å². The van der Waals surface area contributed by atoms with Gasteiger partial charge in [-0.25, -0.2) is 9.97 Å². The number of ether oxygens (including phenoxy) is 10. The van der Waals surface area contributed by atoms with Crippen molar-refractivity contribution in [2.75, 3.05) is 56.9 Å². The monoisotopic (exact) mass is 792 g/mol. The maximum Gasteiger partial charge on any atom is 0.203 e. The van der Waals surface area contributed by atoms with E-state index < -0.39 is 24.4 Å². The molecule has 0 radical (unpaired) electrons. The fourth-order valence-corrected chi connectivity index (χ4v) is 8.10. The number of aliphatic hydroxyl groups is 2. The van der Waals surface area contributed by atoms with E-state index >= 15 is 0 Å². The first-order valence-electron chi connectivity index (χ1n) is 18.5. The molecule has 2 aliphatic rings. The first-order chi connectivity index (χ1) is 28.2. The van der Waals surface area contributed by atoms with Crippen LogP contribution in [0.5, 0.6) is 57.5 Å². The second kappa shape index (κ2) is 15.5. The van der Waals surface area contributed by atoms with Crippen LogP contribution in [0.25, 0.3) is 33.2 Å². The summed E-state index contributed by atoms with van der Waals surface area (Å²) in [7, 11) is 12.3. The van der Waals surface area contributed by atoms with Crippen molar-refractivity contribution in [3.63, 3.8) is 0 Å². The van der Waals surface area contributed by atoms with Crippen molar-refractivity contribution in [2.24, 2.45) is 0 Å². The summed E-state index contributed by atoms with van der Waals surface area (Å²) in [6.07, 6.45) is -3.87. The molecule has 0 spiro atoms. The minimum absolute atomic E-state index is 0.174. The molecule has 3 heterocycles. The summed E-state index contributed by atoms with van der Waals surface area (Å²) in [5, 5.41) is 24.2. The number of fused-ring (bicyclic) bond motifs is 4. The van der Waals surface area contributed by atoms with Gasteiger partial charge in [0.05, 0.1) is 85.6 Å². The van der Waals surface area contributed by atoms with Gasteiger partial charge in [-0.3, -0.25) is 0 Å². The molecule has 6 aromatic rings. The van der Waals surface area contributed by atoms with E-state index in [9.17, 15) is 10.2 Å². The van der Waals surface area contributed by atoms with Gasteiger partial charge >= 0.3 is 0 Å². The van der Waals surface area contributed by atoms with Gasteiger partial charge in [-0.1, -0.05) is 12.1 Å². The molecular weight excluding hydrogens is 748 g/mol. The lowest BCUT2D eigenvalue weighted by molar-refractivity contribution is 0.0189. The van der Waals surface area contributed by atoms with E-state index in [0.29, 0.717) is 101 Å². The van der Waals surface area contributed by atoms with Crippen LogP contribution in [0.2, 0.25) is 0 Å². The quantitative estimate of drug-likeness (QED) is 0.135. The van der Waals surface area contributed by atoms with Gasteiger partial charge in [-0.05, 0) is 24.3 Å². The second-order valence-corrected chi connectivity index (χ2v) is 13.8. The molecule has 4 atom stereocenters. The number of rotatable bonds is 11. The Labute approximate surface area is 334 Å². The van der Waals surface area contributed by atoms with Gasteiger partial charge in [0.1, 0.15) is 40.0 Å². The number of nitrogens with zero attached hydrogens (tertiary/aromatic N) is 2. The summed E-state index contributed by atoms with van der Waals surface area (Å²) >= 11 is 0. The first-order valence-corrected chi connectivity index (χ1v) is 18.5. The predicted octanol–water partition coefficient (Wildman–Crippen LogP) is 6.59. The molecule has 5 aromatic carbocycles. The number of hydrogen-bond donors (Lipinski definition) is 2. The Hall–Kier alpha value is -6.38. The molecule has 14 nitrogen and oxygen atoms in total. The molecule has 58 heavy (non-hydrogen) atoms. The average Bonchev–Trinajstić information content (AvgIpc) is 3.25. The van der Waals surface area contributed by atoms with Crippen LogP contribution < -0.4 is 47.4 Å². The van der Waals surface area contributed by atoms with Gasteiger partial charge in [0, 0.05) is 70.5 Å². The van der Waals surface area contributed by atoms with Crippen LogP contribution in [0.1, 0.15) is 34.5 Å². The van der Waals surface area contributed by atoms with E-state index in [0.717, 1.165) is 0 Å². The highest BCUT2D eigenvalue weighted by atomic mass is 16.5. The molecule has 8 rings (SSSR count). The van der Waals surface area contributed by atoms with Crippen LogP contribution in [0, 0.1) is 0 Å². The molecule has 14 heteroatoms. The summed E-state index contributed by atoms with van der Waals surface area (Å²) < 4.78 is 60.5. The normalized spacial score (nSPS) is 18.3. The highest BCUT2D eigenvalue weighted by molar-refractivity contribution is 5.99. The van der Waals surface area contributed by atoms with Crippen molar-refractivity contribution in [1.29, 1.82) is 0 Å². The van der Waals surface area contributed by atoms with Crippen molar-refractivity contribution in [3.05, 3.63) is 82.9 Å². The zero-order valence-electron chi connectivity index (χ0n) is 33.4. The Morgan fingerprint density at radius 1 is 0.500 bits per heavy atom. The number of aliphatic hydroxyl groups excluding tert-OH is 2. The maximum atomic E-state index is 12.1. The lowest BCUT2D eigenvalue weighted by atomic mass is 9.83. The van der Waals surface area contributed by atoms with Crippen LogP contribution >= 0.6 is 0 Å². The first kappa shape index (κ1) is 38.5. The Morgan fingerprint density at radius 2 is 0.983 bits per heavy atom. The maximum absolute atomic E-state index is 12.1. The number of para-hydroxylation sites is 2. The SMILES string of the molecule is COc1cc(OC)c2c(c1)OC(c1cc3nc4ccccc4nc3c(OC)c1-c1c([C@H]3Oc4cc(OC)cc(OC)c4C[C@H]3O)cc(OC)c(OC)c1OC)[C@H](O)C2. The molecule has 2 aliphatic heterocycles. The van der Waals surface area contributed by atoms with Crippen LogP contribution in [-0.2, 0) is 12.8 Å². The fraction of sp³-hybridized carbons (Fsp3) is 0.318. The summed E-state index contributed by atoms with van der Waals surface area (Å²) in [4.78, 5) is 10.1. The average molecular weight is 793 g/mol. The van der Waals surface area contributed by atoms with Crippen molar-refractivity contribution in [2.45, 2.75) is 37.3 Å². The molecule has 0 amide bonds. The predicted molar refractivity (Wildman–Crippen MR) is 214 cm³/mol. The van der Waals surface area contributed by atoms with Crippen molar-refractivity contribution >= 4 is 22.1 Å². The lowest BCUT2D eigenvalue weighted by Crippen LogP contribution is -2.32. The molecular formula is C44H44N2O12. The molecule has 0 saturated carbocycles. The Kier molecular flexibility index (Phi) is 10.3. The van der Waals surface area contributed by atoms with Crippen LogP contribution in [0.4, 0.5) is 0 Å². The number of aromatic nitrogens is 2. The topological polar surface area (TPSA) is 159 Å². The van der Waals surface area contributed by atoms with E-state index in [4.69, 9.17) is 57.3 Å².